The summed E-state index contributed by atoms with van der Waals surface area (Å²) in [5.41, 5.74) is 1.51. The summed E-state index contributed by atoms with van der Waals surface area (Å²) in [6.45, 7) is -0.462. The molecule has 3 aromatic rings. The average Bonchev–Trinajstić information content (AvgIpc) is 3.18. The van der Waals surface area contributed by atoms with Crippen LogP contribution >= 0.6 is 11.6 Å². The first-order chi connectivity index (χ1) is 13.1. The van der Waals surface area contributed by atoms with Gasteiger partial charge in [-0.05, 0) is 23.8 Å². The molecule has 0 radical (unpaired) electrons. The number of carbonyl (C=O) groups is 1. The van der Waals surface area contributed by atoms with Gasteiger partial charge in [0.25, 0.3) is 5.89 Å². The molecule has 0 aliphatic heterocycles. The number of hydrogen-bond donors (Lipinski definition) is 1. The number of hydrogen-bond acceptors (Lipinski definition) is 6. The lowest BCUT2D eigenvalue weighted by atomic mass is 10.2. The molecule has 0 saturated carbocycles. The second-order valence-electron chi connectivity index (χ2n) is 5.37. The molecule has 27 heavy (non-hydrogen) atoms. The summed E-state index contributed by atoms with van der Waals surface area (Å²) >= 11 is 6.29. The van der Waals surface area contributed by atoms with Gasteiger partial charge in [-0.1, -0.05) is 53.2 Å². The highest BCUT2D eigenvalue weighted by Crippen LogP contribution is 2.30. The molecule has 0 aliphatic carbocycles. The summed E-state index contributed by atoms with van der Waals surface area (Å²) in [5.74, 6) is 0.241. The van der Waals surface area contributed by atoms with Crippen molar-refractivity contribution < 1.29 is 23.9 Å². The van der Waals surface area contributed by atoms with E-state index in [0.717, 1.165) is 5.56 Å². The SMILES string of the molecule is COc1cc(/C=C(\Cl)c2nc(-c3ccccc3)no2)ccc1OCC(=O)O. The van der Waals surface area contributed by atoms with Crippen molar-refractivity contribution in [2.75, 3.05) is 13.7 Å². The number of benzene rings is 2. The zero-order valence-electron chi connectivity index (χ0n) is 14.3. The molecule has 1 heterocycles. The van der Waals surface area contributed by atoms with Crippen molar-refractivity contribution in [3.05, 3.63) is 60.0 Å². The maximum atomic E-state index is 10.6. The standard InChI is InChI=1S/C19H15ClN2O5/c1-25-16-10-12(7-8-15(16)26-11-17(23)24)9-14(20)19-21-18(22-27-19)13-5-3-2-4-6-13/h2-10H,11H2,1H3,(H,23,24)/b14-9-. The van der Waals surface area contributed by atoms with E-state index in [1.807, 2.05) is 30.3 Å². The van der Waals surface area contributed by atoms with Crippen LogP contribution in [0.25, 0.3) is 22.5 Å². The van der Waals surface area contributed by atoms with Crippen LogP contribution in [0.2, 0.25) is 0 Å². The van der Waals surface area contributed by atoms with E-state index < -0.39 is 12.6 Å². The quantitative estimate of drug-likeness (QED) is 0.656. The first-order valence-corrected chi connectivity index (χ1v) is 8.24. The molecule has 0 aliphatic rings. The van der Waals surface area contributed by atoms with E-state index in [1.54, 1.807) is 24.3 Å². The fourth-order valence-corrected chi connectivity index (χ4v) is 2.47. The summed E-state index contributed by atoms with van der Waals surface area (Å²) in [5, 5.41) is 12.9. The van der Waals surface area contributed by atoms with Gasteiger partial charge in [-0.15, -0.1) is 0 Å². The molecule has 0 saturated heterocycles. The Morgan fingerprint density at radius 2 is 2.00 bits per heavy atom. The highest BCUT2D eigenvalue weighted by molar-refractivity contribution is 6.50. The number of aromatic nitrogens is 2. The fourth-order valence-electron chi connectivity index (χ4n) is 2.27. The largest absolute Gasteiger partial charge is 0.493 e. The van der Waals surface area contributed by atoms with Crippen molar-refractivity contribution in [3.63, 3.8) is 0 Å². The monoisotopic (exact) mass is 386 g/mol. The van der Waals surface area contributed by atoms with E-state index in [0.29, 0.717) is 22.9 Å². The summed E-state index contributed by atoms with van der Waals surface area (Å²) in [7, 11) is 1.46. The average molecular weight is 387 g/mol. The molecule has 0 amide bonds. The maximum Gasteiger partial charge on any atom is 0.341 e. The predicted molar refractivity (Wildman–Crippen MR) is 99.6 cm³/mol. The minimum atomic E-state index is -1.07. The summed E-state index contributed by atoms with van der Waals surface area (Å²) in [6.07, 6.45) is 1.63. The van der Waals surface area contributed by atoms with Crippen LogP contribution in [0.15, 0.2) is 53.1 Å². The van der Waals surface area contributed by atoms with Crippen LogP contribution in [0.3, 0.4) is 0 Å². The topological polar surface area (TPSA) is 94.7 Å². The van der Waals surface area contributed by atoms with Gasteiger partial charge >= 0.3 is 5.97 Å². The first-order valence-electron chi connectivity index (χ1n) is 7.86. The third-order valence-electron chi connectivity index (χ3n) is 3.49. The zero-order valence-corrected chi connectivity index (χ0v) is 15.0. The van der Waals surface area contributed by atoms with E-state index in [-0.39, 0.29) is 10.9 Å². The van der Waals surface area contributed by atoms with E-state index >= 15 is 0 Å². The normalized spacial score (nSPS) is 11.3. The Kier molecular flexibility index (Phi) is 5.73. The van der Waals surface area contributed by atoms with Crippen molar-refractivity contribution in [3.8, 4) is 22.9 Å². The number of carboxylic acids is 1. The number of nitrogens with zero attached hydrogens (tertiary/aromatic N) is 2. The lowest BCUT2D eigenvalue weighted by Crippen LogP contribution is -2.10. The molecule has 2 aromatic carbocycles. The lowest BCUT2D eigenvalue weighted by Gasteiger charge is -2.09. The molecule has 0 fully saturated rings. The molecular formula is C19H15ClN2O5. The van der Waals surface area contributed by atoms with Crippen LogP contribution in [-0.2, 0) is 4.79 Å². The van der Waals surface area contributed by atoms with Gasteiger partial charge in [0.05, 0.1) is 7.11 Å². The highest BCUT2D eigenvalue weighted by atomic mass is 35.5. The molecule has 0 unspecified atom stereocenters. The van der Waals surface area contributed by atoms with Crippen LogP contribution in [0.1, 0.15) is 11.5 Å². The van der Waals surface area contributed by atoms with Crippen LogP contribution < -0.4 is 9.47 Å². The molecule has 138 valence electrons. The van der Waals surface area contributed by atoms with E-state index in [4.69, 9.17) is 30.7 Å². The van der Waals surface area contributed by atoms with Crippen LogP contribution in [0.5, 0.6) is 11.5 Å². The Labute approximate surface area is 159 Å². The van der Waals surface area contributed by atoms with Crippen molar-refractivity contribution >= 4 is 28.7 Å². The van der Waals surface area contributed by atoms with Crippen LogP contribution in [-0.4, -0.2) is 34.9 Å². The Bertz CT molecular complexity index is 969. The minimum absolute atomic E-state index is 0.181. The Morgan fingerprint density at radius 3 is 2.70 bits per heavy atom. The fraction of sp³-hybridized carbons (Fsp3) is 0.105. The number of ether oxygens (including phenoxy) is 2. The van der Waals surface area contributed by atoms with Gasteiger partial charge in [-0.3, -0.25) is 0 Å². The Morgan fingerprint density at radius 1 is 1.22 bits per heavy atom. The minimum Gasteiger partial charge on any atom is -0.493 e. The Balaban J connectivity index is 1.81. The van der Waals surface area contributed by atoms with E-state index in [1.165, 1.54) is 7.11 Å². The Hall–Kier alpha value is -3.32. The number of methoxy groups -OCH3 is 1. The van der Waals surface area contributed by atoms with Gasteiger partial charge < -0.3 is 19.1 Å². The third kappa shape index (κ3) is 4.65. The summed E-state index contributed by atoms with van der Waals surface area (Å²) < 4.78 is 15.6. The van der Waals surface area contributed by atoms with E-state index in [9.17, 15) is 4.79 Å². The highest BCUT2D eigenvalue weighted by Gasteiger charge is 2.12. The molecule has 1 N–H and O–H groups in total. The number of aliphatic carboxylic acids is 1. The van der Waals surface area contributed by atoms with Crippen LogP contribution in [0, 0.1) is 0 Å². The molecular weight excluding hydrogens is 372 g/mol. The van der Waals surface area contributed by atoms with Crippen molar-refractivity contribution in [1.82, 2.24) is 10.1 Å². The summed E-state index contributed by atoms with van der Waals surface area (Å²) in [6, 6.07) is 14.4. The molecule has 0 spiro atoms. The van der Waals surface area contributed by atoms with Gasteiger partial charge in [-0.25, -0.2) is 4.79 Å². The van der Waals surface area contributed by atoms with Crippen molar-refractivity contribution in [2.45, 2.75) is 0 Å². The van der Waals surface area contributed by atoms with Gasteiger partial charge in [0.1, 0.15) is 5.03 Å². The molecule has 0 bridgehead atoms. The second kappa shape index (κ2) is 8.37. The van der Waals surface area contributed by atoms with E-state index in [2.05, 4.69) is 10.1 Å². The third-order valence-corrected chi connectivity index (χ3v) is 3.77. The van der Waals surface area contributed by atoms with Crippen molar-refractivity contribution in [1.29, 1.82) is 0 Å². The first kappa shape index (κ1) is 18.5. The summed E-state index contributed by atoms with van der Waals surface area (Å²) in [4.78, 5) is 14.9. The van der Waals surface area contributed by atoms with Gasteiger partial charge in [0.2, 0.25) is 5.82 Å². The number of carboxylic acid groups (broad SMARTS) is 1. The zero-order chi connectivity index (χ0) is 19.2. The molecule has 7 nitrogen and oxygen atoms in total. The predicted octanol–water partition coefficient (Wildman–Crippen LogP) is 3.95. The lowest BCUT2D eigenvalue weighted by molar-refractivity contribution is -0.139. The van der Waals surface area contributed by atoms with Crippen molar-refractivity contribution in [2.24, 2.45) is 0 Å². The number of halogens is 1. The van der Waals surface area contributed by atoms with Gasteiger partial charge in [-0.2, -0.15) is 4.98 Å². The van der Waals surface area contributed by atoms with Gasteiger partial charge in [0, 0.05) is 5.56 Å². The van der Waals surface area contributed by atoms with Crippen LogP contribution in [0.4, 0.5) is 0 Å². The molecule has 8 heteroatoms. The molecule has 0 atom stereocenters. The second-order valence-corrected chi connectivity index (χ2v) is 5.78. The smallest absolute Gasteiger partial charge is 0.341 e. The number of rotatable bonds is 7. The molecule has 1 aromatic heterocycles. The maximum absolute atomic E-state index is 10.6. The molecule has 3 rings (SSSR count). The van der Waals surface area contributed by atoms with Gasteiger partial charge in [0.15, 0.2) is 18.1 Å².